The van der Waals surface area contributed by atoms with Crippen LogP contribution < -0.4 is 20.4 Å². The summed E-state index contributed by atoms with van der Waals surface area (Å²) in [5.74, 6) is 3.17. The number of fused-ring (bicyclic) bond motifs is 5. The summed E-state index contributed by atoms with van der Waals surface area (Å²) in [5, 5.41) is 61.0. The van der Waals surface area contributed by atoms with Gasteiger partial charge in [-0.1, -0.05) is 132 Å². The summed E-state index contributed by atoms with van der Waals surface area (Å²) in [6.45, 7) is 12.2. The van der Waals surface area contributed by atoms with E-state index in [1.54, 1.807) is 48.5 Å². The van der Waals surface area contributed by atoms with E-state index in [0.29, 0.717) is 56.9 Å². The van der Waals surface area contributed by atoms with Gasteiger partial charge in [-0.25, -0.2) is 9.59 Å². The van der Waals surface area contributed by atoms with Crippen LogP contribution >= 0.6 is 23.2 Å². The van der Waals surface area contributed by atoms with Crippen LogP contribution in [0.15, 0.2) is 78.9 Å². The molecule has 4 saturated carbocycles. The number of hydrogen-bond donors (Lipinski definition) is 6. The number of halogens is 2. The number of allylic oxidation sites excluding steroid dienone is 1. The third kappa shape index (κ3) is 11.8. The first kappa shape index (κ1) is 55.0. The van der Waals surface area contributed by atoms with E-state index in [4.69, 9.17) is 32.7 Å². The van der Waals surface area contributed by atoms with Crippen LogP contribution in [0.25, 0.3) is 5.57 Å². The van der Waals surface area contributed by atoms with Gasteiger partial charge in [-0.2, -0.15) is 0 Å². The lowest BCUT2D eigenvalue weighted by atomic mass is 9.44. The van der Waals surface area contributed by atoms with E-state index in [9.17, 15) is 39.9 Å². The molecule has 4 unspecified atom stereocenters. The summed E-state index contributed by atoms with van der Waals surface area (Å²) in [6, 6.07) is 19.2. The van der Waals surface area contributed by atoms with Crippen molar-refractivity contribution in [3.63, 3.8) is 0 Å². The smallest absolute Gasteiger partial charge is 0.486 e. The molecule has 0 amide bonds. The molecule has 0 saturated heterocycles. The maximum Gasteiger partial charge on any atom is 0.488 e. The summed E-state index contributed by atoms with van der Waals surface area (Å²) in [5.41, 5.74) is 2.95. The first-order valence-corrected chi connectivity index (χ1v) is 27.5. The highest BCUT2D eigenvalue weighted by Crippen LogP contribution is 2.69. The van der Waals surface area contributed by atoms with Crippen molar-refractivity contribution in [1.82, 2.24) is 0 Å². The summed E-state index contributed by atoms with van der Waals surface area (Å²) in [7, 11) is -3.54. The molecule has 4 aliphatic rings. The molecule has 10 nitrogen and oxygen atoms in total. The van der Waals surface area contributed by atoms with Gasteiger partial charge in [0.25, 0.3) is 0 Å². The Hall–Kier alpha value is -4.29. The van der Waals surface area contributed by atoms with Crippen LogP contribution in [-0.4, -0.2) is 56.5 Å². The van der Waals surface area contributed by atoms with E-state index in [2.05, 4.69) is 34.6 Å². The molecule has 0 heterocycles. The lowest BCUT2D eigenvalue weighted by Gasteiger charge is -2.61. The molecule has 8 rings (SSSR count). The summed E-state index contributed by atoms with van der Waals surface area (Å²) in [4.78, 5) is 26.0. The maximum absolute atomic E-state index is 13.0. The van der Waals surface area contributed by atoms with Crippen LogP contribution in [0.2, 0.25) is 10.0 Å². The van der Waals surface area contributed by atoms with E-state index in [1.807, 2.05) is 6.08 Å². The second-order valence-electron chi connectivity index (χ2n) is 23.0. The van der Waals surface area contributed by atoms with Crippen LogP contribution in [0.4, 0.5) is 0 Å². The SMILES string of the molecule is CC(C)CCCC(C)[C@H]1CCC2C3CC[C@H]4C[C@@H](CCC=C(c5cc(Cl)c(OCc6ccccc6B(O)O)c(C(=O)O)c5)c5cc(Cl)c(OCc6ccccc6B(O)O)c(C(=O)O)c5)CC[C@]4(C)C3CC[C@@]21C. The molecular weight excluding hydrogens is 961 g/mol. The van der Waals surface area contributed by atoms with Crippen LogP contribution in [0.3, 0.4) is 0 Å². The fourth-order valence-corrected chi connectivity index (χ4v) is 15.3. The maximum atomic E-state index is 13.0. The lowest BCUT2D eigenvalue weighted by Crippen LogP contribution is -2.53. The molecule has 4 fully saturated rings. The number of ether oxygens (including phenoxy) is 2. The molecule has 0 aromatic heterocycles. The number of hydrogen-bond acceptors (Lipinski definition) is 8. The average Bonchev–Trinajstić information content (AvgIpc) is 3.71. The highest BCUT2D eigenvalue weighted by molar-refractivity contribution is 6.59. The van der Waals surface area contributed by atoms with Crippen molar-refractivity contribution in [3.05, 3.63) is 122 Å². The average molecular weight is 1040 g/mol. The van der Waals surface area contributed by atoms with Crippen molar-refractivity contribution in [2.45, 2.75) is 138 Å². The normalized spacial score (nSPS) is 25.8. The predicted molar refractivity (Wildman–Crippen MR) is 291 cm³/mol. The number of aromatic carboxylic acids is 2. The number of rotatable bonds is 20. The van der Waals surface area contributed by atoms with Gasteiger partial charge in [-0.15, -0.1) is 0 Å². The van der Waals surface area contributed by atoms with Crippen molar-refractivity contribution < 1.29 is 49.4 Å². The molecule has 4 aromatic rings. The molecule has 390 valence electrons. The van der Waals surface area contributed by atoms with Crippen LogP contribution in [0, 0.1) is 58.2 Å². The second kappa shape index (κ2) is 23.3. The predicted octanol–water partition coefficient (Wildman–Crippen LogP) is 11.9. The monoisotopic (exact) mass is 1030 g/mol. The minimum Gasteiger partial charge on any atom is -0.486 e. The van der Waals surface area contributed by atoms with Crippen molar-refractivity contribution >= 4 is 65.9 Å². The van der Waals surface area contributed by atoms with Gasteiger partial charge in [-0.3, -0.25) is 0 Å². The van der Waals surface area contributed by atoms with E-state index in [-0.39, 0.29) is 56.8 Å². The number of benzene rings is 4. The minimum atomic E-state index is -1.77. The lowest BCUT2D eigenvalue weighted by molar-refractivity contribution is -0.121. The van der Waals surface area contributed by atoms with Gasteiger partial charge >= 0.3 is 26.2 Å². The first-order valence-electron chi connectivity index (χ1n) is 26.8. The van der Waals surface area contributed by atoms with Gasteiger partial charge in [-0.05, 0) is 192 Å². The first-order chi connectivity index (χ1) is 34.8. The van der Waals surface area contributed by atoms with E-state index < -0.39 is 26.2 Å². The fourth-order valence-electron chi connectivity index (χ4n) is 14.7. The van der Waals surface area contributed by atoms with Crippen LogP contribution in [-0.2, 0) is 13.2 Å². The van der Waals surface area contributed by atoms with Crippen molar-refractivity contribution in [3.8, 4) is 11.5 Å². The zero-order chi connectivity index (χ0) is 52.4. The highest BCUT2D eigenvalue weighted by Gasteiger charge is 2.60. The van der Waals surface area contributed by atoms with E-state index >= 15 is 0 Å². The van der Waals surface area contributed by atoms with Gasteiger partial charge in [0.15, 0.2) is 11.5 Å². The standard InChI is InChI=1S/C59H74B2Cl2O10/c1-35(2)12-10-13-36(3)47-22-23-48-44-21-20-42-28-37(24-26-58(42,4)49(44)25-27-59(47,48)5)14-11-17-43(40-29-45(56(64)65)54(52(62)31-40)72-33-38-15-6-8-18-50(38)60(68)69)41-30-46(57(66)67)55(53(63)32-41)73-34-39-16-7-9-19-51(39)61(70)71/h6-9,15-19,29-32,35-37,42,44,47-49,68-71H,10-14,20-28,33-34H2,1-5H3,(H,64,65)(H,66,67)/t36?,37-,42-,44?,47+,48?,49?,58-,59+/m0/s1. The number of carbonyl (C=O) groups is 2. The molecule has 4 aliphatic carbocycles. The van der Waals surface area contributed by atoms with Crippen molar-refractivity contribution in [2.75, 3.05) is 0 Å². The number of carboxylic acid groups (broad SMARTS) is 2. The van der Waals surface area contributed by atoms with Gasteiger partial charge in [0.05, 0.1) is 10.0 Å². The van der Waals surface area contributed by atoms with Gasteiger partial charge in [0, 0.05) is 0 Å². The Balaban J connectivity index is 1.05. The number of carboxylic acids is 2. The Labute approximate surface area is 442 Å². The Morgan fingerprint density at radius 3 is 1.77 bits per heavy atom. The largest absolute Gasteiger partial charge is 0.488 e. The Morgan fingerprint density at radius 1 is 0.699 bits per heavy atom. The second-order valence-corrected chi connectivity index (χ2v) is 23.8. The minimum absolute atomic E-state index is 0.00783. The van der Waals surface area contributed by atoms with E-state index in [1.165, 1.54) is 94.9 Å². The molecule has 0 aliphatic heterocycles. The molecule has 4 aromatic carbocycles. The van der Waals surface area contributed by atoms with Crippen LogP contribution in [0.5, 0.6) is 11.5 Å². The Kier molecular flexibility index (Phi) is 17.5. The van der Waals surface area contributed by atoms with Gasteiger partial charge < -0.3 is 39.8 Å². The third-order valence-electron chi connectivity index (χ3n) is 18.5. The molecule has 0 radical (unpaired) electrons. The quantitative estimate of drug-likeness (QED) is 0.0468. The third-order valence-corrected chi connectivity index (χ3v) is 19.0. The molecular formula is C59H74B2Cl2O10. The highest BCUT2D eigenvalue weighted by atomic mass is 35.5. The Bertz CT molecular complexity index is 2530. The molecule has 14 heteroatoms. The molecule has 0 spiro atoms. The van der Waals surface area contributed by atoms with E-state index in [0.717, 1.165) is 48.3 Å². The van der Waals surface area contributed by atoms with Gasteiger partial charge in [0.1, 0.15) is 24.3 Å². The molecule has 73 heavy (non-hydrogen) atoms. The summed E-state index contributed by atoms with van der Waals surface area (Å²) >= 11 is 13.9. The zero-order valence-electron chi connectivity index (χ0n) is 43.2. The van der Waals surface area contributed by atoms with Crippen LogP contribution in [0.1, 0.15) is 167 Å². The Morgan fingerprint density at radius 2 is 1.23 bits per heavy atom. The molecule has 0 bridgehead atoms. The van der Waals surface area contributed by atoms with Gasteiger partial charge in [0.2, 0.25) is 0 Å². The summed E-state index contributed by atoms with van der Waals surface area (Å²) in [6.07, 6.45) is 19.3. The van der Waals surface area contributed by atoms with Crippen molar-refractivity contribution in [2.24, 2.45) is 58.2 Å². The zero-order valence-corrected chi connectivity index (χ0v) is 44.7. The molecule has 9 atom stereocenters. The summed E-state index contributed by atoms with van der Waals surface area (Å²) < 4.78 is 12.0. The van der Waals surface area contributed by atoms with Crippen molar-refractivity contribution in [1.29, 1.82) is 0 Å². The fraction of sp³-hybridized carbons (Fsp3) is 0.525. The topological polar surface area (TPSA) is 174 Å². The molecule has 6 N–H and O–H groups in total.